The number of anilines is 2. The van der Waals surface area contributed by atoms with Crippen molar-refractivity contribution in [2.24, 2.45) is 11.7 Å². The van der Waals surface area contributed by atoms with Crippen molar-refractivity contribution < 1.29 is 23.5 Å². The first kappa shape index (κ1) is 25.6. The largest absolute Gasteiger partial charge is 0.507 e. The lowest BCUT2D eigenvalue weighted by Gasteiger charge is -2.17. The molecule has 9 nitrogen and oxygen atoms in total. The molecule has 2 amide bonds. The maximum atomic E-state index is 13.7. The van der Waals surface area contributed by atoms with Gasteiger partial charge in [-0.25, -0.2) is 9.37 Å². The molecule has 5 rings (SSSR count). The molecule has 1 aliphatic carbocycles. The van der Waals surface area contributed by atoms with E-state index in [2.05, 4.69) is 21.7 Å². The zero-order valence-electron chi connectivity index (χ0n) is 20.6. The van der Waals surface area contributed by atoms with Crippen LogP contribution in [0.3, 0.4) is 0 Å². The van der Waals surface area contributed by atoms with Crippen molar-refractivity contribution in [3.8, 4) is 34.2 Å². The Morgan fingerprint density at radius 2 is 1.92 bits per heavy atom. The Bertz CT molecular complexity index is 1600. The predicted octanol–water partition coefficient (Wildman–Crippen LogP) is 5.04. The molecule has 5 N–H and O–H groups in total. The SMILES string of the molecule is N#Cc1c(-c2cccc(NC(=O)C3CCCC3N)c2)cc(-c2ccc(F)cc2O)nc1NC(=O)c1ccco1. The Hall–Kier alpha value is -5.01. The van der Waals surface area contributed by atoms with Crippen molar-refractivity contribution in [1.82, 2.24) is 4.98 Å². The van der Waals surface area contributed by atoms with Gasteiger partial charge in [0.25, 0.3) is 5.91 Å². The van der Waals surface area contributed by atoms with E-state index in [0.29, 0.717) is 16.8 Å². The number of furan rings is 1. The first-order valence-corrected chi connectivity index (χ1v) is 12.3. The second-order valence-corrected chi connectivity index (χ2v) is 9.25. The van der Waals surface area contributed by atoms with Crippen LogP contribution in [-0.2, 0) is 4.79 Å². The molecule has 0 spiro atoms. The highest BCUT2D eigenvalue weighted by Crippen LogP contribution is 2.37. The summed E-state index contributed by atoms with van der Waals surface area (Å²) in [6.45, 7) is 0. The first-order valence-electron chi connectivity index (χ1n) is 12.3. The van der Waals surface area contributed by atoms with Crippen molar-refractivity contribution in [1.29, 1.82) is 5.26 Å². The van der Waals surface area contributed by atoms with Crippen molar-refractivity contribution in [2.45, 2.75) is 25.3 Å². The maximum absolute atomic E-state index is 13.7. The summed E-state index contributed by atoms with van der Waals surface area (Å²) in [5, 5.41) is 26.0. The summed E-state index contributed by atoms with van der Waals surface area (Å²) in [5.74, 6) is -2.16. The number of aromatic nitrogens is 1. The fourth-order valence-corrected chi connectivity index (χ4v) is 4.73. The topological polar surface area (TPSA) is 154 Å². The number of carbonyl (C=O) groups is 2. The smallest absolute Gasteiger partial charge is 0.292 e. The number of halogens is 1. The molecule has 196 valence electrons. The molecule has 39 heavy (non-hydrogen) atoms. The van der Waals surface area contributed by atoms with Gasteiger partial charge in [-0.3, -0.25) is 9.59 Å². The van der Waals surface area contributed by atoms with Gasteiger partial charge in [0, 0.05) is 28.9 Å². The van der Waals surface area contributed by atoms with Gasteiger partial charge in [-0.05, 0) is 60.9 Å². The zero-order chi connectivity index (χ0) is 27.5. The molecule has 0 radical (unpaired) electrons. The van der Waals surface area contributed by atoms with Gasteiger partial charge in [-0.1, -0.05) is 18.6 Å². The summed E-state index contributed by atoms with van der Waals surface area (Å²) in [6.07, 6.45) is 3.75. The highest BCUT2D eigenvalue weighted by atomic mass is 19.1. The predicted molar refractivity (Wildman–Crippen MR) is 142 cm³/mol. The molecule has 1 fully saturated rings. The van der Waals surface area contributed by atoms with Gasteiger partial charge < -0.3 is 25.9 Å². The number of hydrogen-bond acceptors (Lipinski definition) is 7. The van der Waals surface area contributed by atoms with E-state index in [9.17, 15) is 24.3 Å². The molecule has 2 aromatic carbocycles. The summed E-state index contributed by atoms with van der Waals surface area (Å²) in [7, 11) is 0. The van der Waals surface area contributed by atoms with Crippen molar-refractivity contribution in [3.63, 3.8) is 0 Å². The number of amides is 2. The molecule has 1 aliphatic rings. The van der Waals surface area contributed by atoms with E-state index in [1.807, 2.05) is 0 Å². The molecule has 1 saturated carbocycles. The number of nitrogens with zero attached hydrogens (tertiary/aromatic N) is 2. The summed E-state index contributed by atoms with van der Waals surface area (Å²) in [4.78, 5) is 30.0. The summed E-state index contributed by atoms with van der Waals surface area (Å²) >= 11 is 0. The minimum absolute atomic E-state index is 0.00658. The Morgan fingerprint density at radius 1 is 1.08 bits per heavy atom. The Labute approximate surface area is 223 Å². The fraction of sp³-hybridized carbons (Fsp3) is 0.172. The number of phenolic OH excluding ortho intramolecular Hbond substituents is 1. The lowest BCUT2D eigenvalue weighted by molar-refractivity contribution is -0.120. The second-order valence-electron chi connectivity index (χ2n) is 9.25. The summed E-state index contributed by atoms with van der Waals surface area (Å²) < 4.78 is 18.8. The van der Waals surface area contributed by atoms with Crippen LogP contribution in [0, 0.1) is 23.1 Å². The number of pyridine rings is 1. The normalized spacial score (nSPS) is 16.4. The average molecular weight is 526 g/mol. The number of nitrogens with two attached hydrogens (primary N) is 1. The number of nitriles is 1. The second kappa shape index (κ2) is 10.8. The third-order valence-corrected chi connectivity index (χ3v) is 6.69. The highest BCUT2D eigenvalue weighted by Gasteiger charge is 2.30. The number of nitrogens with one attached hydrogen (secondary N) is 2. The molecule has 2 aromatic heterocycles. The molecule has 4 aromatic rings. The van der Waals surface area contributed by atoms with Crippen molar-refractivity contribution >= 4 is 23.3 Å². The molecular weight excluding hydrogens is 501 g/mol. The van der Waals surface area contributed by atoms with Gasteiger partial charge in [0.2, 0.25) is 5.91 Å². The van der Waals surface area contributed by atoms with Gasteiger partial charge in [-0.2, -0.15) is 5.26 Å². The van der Waals surface area contributed by atoms with Gasteiger partial charge in [0.1, 0.15) is 23.2 Å². The van der Waals surface area contributed by atoms with Crippen LogP contribution in [0.2, 0.25) is 0 Å². The number of rotatable bonds is 6. The van der Waals surface area contributed by atoms with Crippen LogP contribution in [0.25, 0.3) is 22.4 Å². The first-order chi connectivity index (χ1) is 18.8. The quantitative estimate of drug-likeness (QED) is 0.275. The van der Waals surface area contributed by atoms with Gasteiger partial charge in [0.05, 0.1) is 17.9 Å². The Morgan fingerprint density at radius 3 is 2.62 bits per heavy atom. The zero-order valence-corrected chi connectivity index (χ0v) is 20.6. The molecule has 0 saturated heterocycles. The van der Waals surface area contributed by atoms with Crippen LogP contribution in [0.4, 0.5) is 15.9 Å². The average Bonchev–Trinajstić information content (AvgIpc) is 3.61. The van der Waals surface area contributed by atoms with Gasteiger partial charge in [0.15, 0.2) is 11.6 Å². The van der Waals surface area contributed by atoms with Crippen LogP contribution in [0.1, 0.15) is 35.4 Å². The van der Waals surface area contributed by atoms with E-state index in [0.717, 1.165) is 25.3 Å². The summed E-state index contributed by atoms with van der Waals surface area (Å²) in [5.41, 5.74) is 7.92. The standard InChI is InChI=1S/C29H24FN5O4/c30-17-9-10-20(25(36)13-17)24-14-21(22(15-31)27(34-24)35-29(38)26-8-3-11-39-26)16-4-1-5-18(12-16)33-28(37)19-6-2-7-23(19)32/h1,3-5,8-14,19,23,36H,2,6-7,32H2,(H,33,37)(H,34,35,38). The fourth-order valence-electron chi connectivity index (χ4n) is 4.73. The van der Waals surface area contributed by atoms with Crippen LogP contribution in [0.15, 0.2) is 71.3 Å². The Balaban J connectivity index is 1.59. The molecule has 2 atom stereocenters. The van der Waals surface area contributed by atoms with Crippen molar-refractivity contribution in [3.05, 3.63) is 84.1 Å². The lowest BCUT2D eigenvalue weighted by atomic mass is 9.97. The van der Waals surface area contributed by atoms with E-state index < -0.39 is 11.7 Å². The van der Waals surface area contributed by atoms with Gasteiger partial charge in [-0.15, -0.1) is 0 Å². The van der Waals surface area contributed by atoms with Crippen LogP contribution >= 0.6 is 0 Å². The lowest BCUT2D eigenvalue weighted by Crippen LogP contribution is -2.34. The number of phenols is 1. The molecule has 2 heterocycles. The maximum Gasteiger partial charge on any atom is 0.292 e. The minimum atomic E-state index is -0.637. The third-order valence-electron chi connectivity index (χ3n) is 6.69. The van der Waals surface area contributed by atoms with Gasteiger partial charge >= 0.3 is 0 Å². The number of hydrogen-bond donors (Lipinski definition) is 4. The molecule has 0 aliphatic heterocycles. The van der Waals surface area contributed by atoms with Crippen LogP contribution in [0.5, 0.6) is 5.75 Å². The molecule has 0 bridgehead atoms. The van der Waals surface area contributed by atoms with E-state index >= 15 is 0 Å². The van der Waals surface area contributed by atoms with Crippen LogP contribution in [-0.4, -0.2) is 27.9 Å². The number of carbonyl (C=O) groups excluding carboxylic acids is 2. The third kappa shape index (κ3) is 5.35. The molecule has 2 unspecified atom stereocenters. The number of aromatic hydroxyl groups is 1. The van der Waals surface area contributed by atoms with E-state index in [-0.39, 0.29) is 52.0 Å². The van der Waals surface area contributed by atoms with E-state index in [1.165, 1.54) is 24.5 Å². The Kier molecular flexibility index (Phi) is 7.08. The van der Waals surface area contributed by atoms with Crippen LogP contribution < -0.4 is 16.4 Å². The number of benzene rings is 2. The van der Waals surface area contributed by atoms with E-state index in [4.69, 9.17) is 10.2 Å². The van der Waals surface area contributed by atoms with E-state index in [1.54, 1.807) is 36.4 Å². The monoisotopic (exact) mass is 525 g/mol. The molecular formula is C29H24FN5O4. The molecule has 10 heteroatoms. The minimum Gasteiger partial charge on any atom is -0.507 e. The van der Waals surface area contributed by atoms with Crippen molar-refractivity contribution in [2.75, 3.05) is 10.6 Å². The summed E-state index contributed by atoms with van der Waals surface area (Å²) in [6, 6.07) is 16.8. The highest BCUT2D eigenvalue weighted by molar-refractivity contribution is 6.03.